The minimum Gasteiger partial charge on any atom is -0.462 e. The lowest BCUT2D eigenvalue weighted by Gasteiger charge is -2.35. The molecule has 5 heterocycles. The van der Waals surface area contributed by atoms with E-state index in [0.29, 0.717) is 48.8 Å². The molecule has 4 aliphatic rings. The van der Waals surface area contributed by atoms with Gasteiger partial charge in [-0.2, -0.15) is 9.97 Å². The highest BCUT2D eigenvalue weighted by Gasteiger charge is 2.37. The van der Waals surface area contributed by atoms with E-state index in [4.69, 9.17) is 21.1 Å². The Hall–Kier alpha value is -3.21. The van der Waals surface area contributed by atoms with E-state index in [1.165, 1.54) is 36.6 Å². The van der Waals surface area contributed by atoms with Crippen LogP contribution in [0.5, 0.6) is 6.01 Å². The molecule has 3 aromatic rings. The van der Waals surface area contributed by atoms with Gasteiger partial charge in [0, 0.05) is 41.7 Å². The molecule has 3 fully saturated rings. The number of fused-ring (bicyclic) bond motifs is 4. The first-order valence-electron chi connectivity index (χ1n) is 14.5. The minimum absolute atomic E-state index is 0.326. The minimum atomic E-state index is -0.354. The highest BCUT2D eigenvalue weighted by atomic mass is 19.1. The van der Waals surface area contributed by atoms with Crippen LogP contribution >= 0.6 is 0 Å². The Morgan fingerprint density at radius 2 is 1.95 bits per heavy atom. The molecule has 6 nitrogen and oxygen atoms in total. The molecule has 2 aromatic carbocycles. The molecule has 7 rings (SSSR count). The third-order valence-corrected chi connectivity index (χ3v) is 9.47. The van der Waals surface area contributed by atoms with Crippen molar-refractivity contribution < 1.29 is 9.13 Å². The van der Waals surface area contributed by atoms with E-state index in [1.54, 1.807) is 0 Å². The molecule has 1 aromatic heterocycles. The molecule has 0 aliphatic carbocycles. The van der Waals surface area contributed by atoms with E-state index in [0.717, 1.165) is 60.9 Å². The Morgan fingerprint density at radius 3 is 2.72 bits per heavy atom. The number of anilines is 1. The standard InChI is InChI=1S/C32H36FN5O/c1-3-25-27(33)12-9-20-6-4-8-29(30(20)25)38-15-13-26-28(18-38)35-32(39-19-24-7-5-14-37(24)2)36-31(26)21-16-22-10-11-23(17-21)34-22/h1,4,6,8-9,12,21-24,34H,5,7,10-11,13-19H2,2H3/t21?,22?,23?,24-/m0/s1. The number of hydrogen-bond acceptors (Lipinski definition) is 6. The zero-order valence-corrected chi connectivity index (χ0v) is 22.6. The molecule has 3 atom stereocenters. The summed E-state index contributed by atoms with van der Waals surface area (Å²) < 4.78 is 21.0. The number of halogens is 1. The Bertz CT molecular complexity index is 1440. The largest absolute Gasteiger partial charge is 0.462 e. The third-order valence-electron chi connectivity index (χ3n) is 9.47. The smallest absolute Gasteiger partial charge is 0.316 e. The molecule has 1 N–H and O–H groups in total. The number of ether oxygens (including phenoxy) is 1. The number of aromatic nitrogens is 2. The van der Waals surface area contributed by atoms with Crippen molar-refractivity contribution in [1.29, 1.82) is 0 Å². The SMILES string of the molecule is C#Cc1c(F)ccc2cccc(N3CCc4c(nc(OC[C@@H]5CCCN5C)nc4C4CC5CCC(C4)N5)C3)c12. The van der Waals surface area contributed by atoms with Gasteiger partial charge in [-0.15, -0.1) is 6.42 Å². The molecule has 0 amide bonds. The van der Waals surface area contributed by atoms with Crippen molar-refractivity contribution in [3.8, 4) is 18.4 Å². The van der Waals surface area contributed by atoms with Crippen molar-refractivity contribution in [3.05, 3.63) is 58.7 Å². The summed E-state index contributed by atoms with van der Waals surface area (Å²) in [7, 11) is 2.17. The average Bonchev–Trinajstić information content (AvgIpc) is 3.53. The maximum Gasteiger partial charge on any atom is 0.316 e. The number of piperidine rings is 1. The number of terminal acetylenes is 1. The van der Waals surface area contributed by atoms with Crippen molar-refractivity contribution in [3.63, 3.8) is 0 Å². The second-order valence-corrected chi connectivity index (χ2v) is 11.8. The highest BCUT2D eigenvalue weighted by molar-refractivity contribution is 5.99. The normalized spacial score (nSPS) is 26.5. The molecule has 4 aliphatic heterocycles. The number of rotatable bonds is 5. The first-order valence-corrected chi connectivity index (χ1v) is 14.5. The third kappa shape index (κ3) is 4.54. The van der Waals surface area contributed by atoms with Crippen LogP contribution in [0, 0.1) is 18.2 Å². The quantitative estimate of drug-likeness (QED) is 0.484. The Morgan fingerprint density at radius 1 is 1.10 bits per heavy atom. The number of likely N-dealkylation sites (tertiary alicyclic amines) is 1. The zero-order valence-electron chi connectivity index (χ0n) is 22.6. The maximum atomic E-state index is 14.7. The fraction of sp³-hybridized carbons (Fsp3) is 0.500. The number of nitrogens with one attached hydrogen (secondary N) is 1. The zero-order chi connectivity index (χ0) is 26.5. The number of likely N-dealkylation sites (N-methyl/N-ethyl adjacent to an activating group) is 1. The second-order valence-electron chi connectivity index (χ2n) is 11.8. The summed E-state index contributed by atoms with van der Waals surface area (Å²) in [5.41, 5.74) is 4.79. The van der Waals surface area contributed by atoms with E-state index in [2.05, 4.69) is 28.1 Å². The van der Waals surface area contributed by atoms with Gasteiger partial charge in [0.25, 0.3) is 0 Å². The summed E-state index contributed by atoms with van der Waals surface area (Å²) in [6.45, 7) is 3.17. The maximum absolute atomic E-state index is 14.7. The molecular weight excluding hydrogens is 489 g/mol. The van der Waals surface area contributed by atoms with Crippen LogP contribution in [0.2, 0.25) is 0 Å². The van der Waals surface area contributed by atoms with E-state index < -0.39 is 0 Å². The Labute approximate surface area is 230 Å². The predicted molar refractivity (Wildman–Crippen MR) is 152 cm³/mol. The van der Waals surface area contributed by atoms with Crippen LogP contribution in [0.3, 0.4) is 0 Å². The molecule has 7 heteroatoms. The first kappa shape index (κ1) is 24.8. The van der Waals surface area contributed by atoms with Gasteiger partial charge in [0.2, 0.25) is 0 Å². The Kier molecular flexibility index (Phi) is 6.41. The molecule has 0 saturated carbocycles. The molecule has 3 saturated heterocycles. The van der Waals surface area contributed by atoms with Crippen LogP contribution in [-0.2, 0) is 13.0 Å². The average molecular weight is 526 g/mol. The monoisotopic (exact) mass is 525 g/mol. The van der Waals surface area contributed by atoms with Gasteiger partial charge in [-0.3, -0.25) is 0 Å². The van der Waals surface area contributed by atoms with Gasteiger partial charge < -0.3 is 19.9 Å². The van der Waals surface area contributed by atoms with Crippen molar-refractivity contribution in [2.24, 2.45) is 0 Å². The lowest BCUT2D eigenvalue weighted by atomic mass is 9.85. The van der Waals surface area contributed by atoms with E-state index in [9.17, 15) is 4.39 Å². The van der Waals surface area contributed by atoms with Crippen LogP contribution in [0.1, 0.15) is 67.0 Å². The predicted octanol–water partition coefficient (Wildman–Crippen LogP) is 4.78. The van der Waals surface area contributed by atoms with Crippen LogP contribution < -0.4 is 15.0 Å². The lowest BCUT2D eigenvalue weighted by molar-refractivity contribution is 0.186. The van der Waals surface area contributed by atoms with E-state index in [1.807, 2.05) is 24.3 Å². The van der Waals surface area contributed by atoms with Gasteiger partial charge >= 0.3 is 6.01 Å². The summed E-state index contributed by atoms with van der Waals surface area (Å²) in [5, 5.41) is 5.53. The molecule has 2 bridgehead atoms. The highest BCUT2D eigenvalue weighted by Crippen LogP contribution is 2.41. The number of benzene rings is 2. The van der Waals surface area contributed by atoms with Gasteiger partial charge in [-0.1, -0.05) is 24.1 Å². The molecule has 2 unspecified atom stereocenters. The van der Waals surface area contributed by atoms with Gasteiger partial charge in [0.1, 0.15) is 12.4 Å². The van der Waals surface area contributed by atoms with Crippen molar-refractivity contribution >= 4 is 16.5 Å². The van der Waals surface area contributed by atoms with E-state index in [-0.39, 0.29) is 5.82 Å². The Balaban J connectivity index is 1.25. The van der Waals surface area contributed by atoms with Gasteiger partial charge in [0.05, 0.1) is 23.5 Å². The molecular formula is C32H36FN5O. The molecule has 202 valence electrons. The number of hydrogen-bond donors (Lipinski definition) is 1. The summed E-state index contributed by atoms with van der Waals surface area (Å²) in [6.07, 6.45) is 13.8. The van der Waals surface area contributed by atoms with Crippen molar-refractivity contribution in [2.75, 3.05) is 31.6 Å². The molecule has 0 spiro atoms. The summed E-state index contributed by atoms with van der Waals surface area (Å²) in [4.78, 5) is 14.8. The number of nitrogens with zero attached hydrogens (tertiary/aromatic N) is 4. The second kappa shape index (κ2) is 10.1. The van der Waals surface area contributed by atoms with E-state index >= 15 is 0 Å². The summed E-state index contributed by atoms with van der Waals surface area (Å²) in [5.74, 6) is 2.68. The van der Waals surface area contributed by atoms with Gasteiger partial charge in [0.15, 0.2) is 0 Å². The van der Waals surface area contributed by atoms with Gasteiger partial charge in [-0.25, -0.2) is 4.39 Å². The van der Waals surface area contributed by atoms with Crippen LogP contribution in [0.4, 0.5) is 10.1 Å². The van der Waals surface area contributed by atoms with Gasteiger partial charge in [-0.05, 0) is 81.6 Å². The van der Waals surface area contributed by atoms with Crippen molar-refractivity contribution in [2.45, 2.75) is 75.5 Å². The molecule has 0 radical (unpaired) electrons. The van der Waals surface area contributed by atoms with Crippen LogP contribution in [0.15, 0.2) is 30.3 Å². The fourth-order valence-electron chi connectivity index (χ4n) is 7.42. The topological polar surface area (TPSA) is 53.5 Å². The lowest BCUT2D eigenvalue weighted by Crippen LogP contribution is -2.39. The first-order chi connectivity index (χ1) is 19.1. The summed E-state index contributed by atoms with van der Waals surface area (Å²) in [6, 6.07) is 11.4. The van der Waals surface area contributed by atoms with Crippen LogP contribution in [-0.4, -0.2) is 59.7 Å². The fourth-order valence-corrected chi connectivity index (χ4v) is 7.42. The van der Waals surface area contributed by atoms with Crippen molar-refractivity contribution in [1.82, 2.24) is 20.2 Å². The summed E-state index contributed by atoms with van der Waals surface area (Å²) >= 11 is 0. The molecule has 39 heavy (non-hydrogen) atoms. The van der Waals surface area contributed by atoms with Crippen LogP contribution in [0.25, 0.3) is 10.8 Å².